The molecule has 2 nitrogen and oxygen atoms in total. The van der Waals surface area contributed by atoms with Crippen molar-refractivity contribution in [3.63, 3.8) is 0 Å². The van der Waals surface area contributed by atoms with Crippen LogP contribution in [0.2, 0.25) is 0 Å². The maximum Gasteiger partial charge on any atom is 0.0669 e. The van der Waals surface area contributed by atoms with Gasteiger partial charge in [-0.25, -0.2) is 0 Å². The lowest BCUT2D eigenvalue weighted by molar-refractivity contribution is 0.671. The zero-order valence-electron chi connectivity index (χ0n) is 11.2. The van der Waals surface area contributed by atoms with Gasteiger partial charge in [0.2, 0.25) is 0 Å². The molecule has 0 saturated carbocycles. The Kier molecular flexibility index (Phi) is 6.78. The summed E-state index contributed by atoms with van der Waals surface area (Å²) in [7, 11) is 0. The molecule has 0 atom stereocenters. The number of nitrogens with zero attached hydrogens (tertiary/aromatic N) is 1. The number of hydrogen-bond acceptors (Lipinski definition) is 2. The maximum atomic E-state index is 8.87. The van der Waals surface area contributed by atoms with Crippen LogP contribution < -0.4 is 5.32 Å². The first-order chi connectivity index (χ1) is 8.69. The molecule has 0 spiro atoms. The monoisotopic (exact) mass is 264 g/mol. The molecule has 0 aromatic heterocycles. The Morgan fingerprint density at radius 3 is 2.44 bits per heavy atom. The van der Waals surface area contributed by atoms with Gasteiger partial charge in [-0.05, 0) is 62.0 Å². The van der Waals surface area contributed by atoms with Crippen molar-refractivity contribution in [3.05, 3.63) is 34.4 Å². The van der Waals surface area contributed by atoms with Crippen LogP contribution in [0, 0.1) is 25.2 Å². The van der Waals surface area contributed by atoms with Crippen molar-refractivity contribution in [2.24, 2.45) is 0 Å². The molecule has 1 rings (SSSR count). The first-order valence-corrected chi connectivity index (χ1v) is 6.95. The standard InChI is InChI=1S/C15H21ClN2/c1-12-10-14(4-7-17)15(11-13(12)2)5-9-18-8-3-6-16/h10-11,18H,3-6,8-9H2,1-2H3. The number of halogens is 1. The van der Waals surface area contributed by atoms with E-state index in [1.807, 2.05) is 0 Å². The first kappa shape index (κ1) is 15.0. The molecule has 0 amide bonds. The van der Waals surface area contributed by atoms with Gasteiger partial charge in [-0.3, -0.25) is 0 Å². The highest BCUT2D eigenvalue weighted by atomic mass is 35.5. The lowest BCUT2D eigenvalue weighted by Gasteiger charge is -2.11. The Morgan fingerprint density at radius 1 is 1.17 bits per heavy atom. The van der Waals surface area contributed by atoms with Gasteiger partial charge < -0.3 is 5.32 Å². The quantitative estimate of drug-likeness (QED) is 0.607. The second-order valence-corrected chi connectivity index (χ2v) is 4.96. The summed E-state index contributed by atoms with van der Waals surface area (Å²) in [4.78, 5) is 0. The SMILES string of the molecule is Cc1cc(CC#N)c(CCNCCCCl)cc1C. The normalized spacial score (nSPS) is 10.3. The second-order valence-electron chi connectivity index (χ2n) is 4.58. The third-order valence-electron chi connectivity index (χ3n) is 3.14. The van der Waals surface area contributed by atoms with Gasteiger partial charge in [-0.2, -0.15) is 5.26 Å². The van der Waals surface area contributed by atoms with E-state index in [9.17, 15) is 0 Å². The van der Waals surface area contributed by atoms with Crippen LogP contribution in [-0.2, 0) is 12.8 Å². The summed E-state index contributed by atoms with van der Waals surface area (Å²) < 4.78 is 0. The average Bonchev–Trinajstić information content (AvgIpc) is 2.35. The molecule has 0 saturated heterocycles. The molecule has 0 aliphatic rings. The fourth-order valence-corrected chi connectivity index (χ4v) is 2.09. The Hall–Kier alpha value is -1.04. The smallest absolute Gasteiger partial charge is 0.0669 e. The van der Waals surface area contributed by atoms with Gasteiger partial charge in [0.05, 0.1) is 12.5 Å². The van der Waals surface area contributed by atoms with Gasteiger partial charge >= 0.3 is 0 Å². The predicted molar refractivity (Wildman–Crippen MR) is 77.1 cm³/mol. The van der Waals surface area contributed by atoms with Crippen LogP contribution in [0.3, 0.4) is 0 Å². The molecule has 3 heteroatoms. The molecule has 0 heterocycles. The molecule has 1 aromatic rings. The van der Waals surface area contributed by atoms with E-state index in [0.29, 0.717) is 12.3 Å². The van der Waals surface area contributed by atoms with Gasteiger partial charge in [-0.15, -0.1) is 11.6 Å². The van der Waals surface area contributed by atoms with Gasteiger partial charge in [-0.1, -0.05) is 12.1 Å². The van der Waals surface area contributed by atoms with Gasteiger partial charge in [0.1, 0.15) is 0 Å². The van der Waals surface area contributed by atoms with E-state index in [2.05, 4.69) is 37.4 Å². The van der Waals surface area contributed by atoms with E-state index >= 15 is 0 Å². The van der Waals surface area contributed by atoms with E-state index in [1.54, 1.807) is 0 Å². The zero-order chi connectivity index (χ0) is 13.4. The topological polar surface area (TPSA) is 35.8 Å². The van der Waals surface area contributed by atoms with E-state index in [-0.39, 0.29) is 0 Å². The van der Waals surface area contributed by atoms with Crippen LogP contribution in [-0.4, -0.2) is 19.0 Å². The van der Waals surface area contributed by atoms with Crippen LogP contribution in [0.5, 0.6) is 0 Å². The lowest BCUT2D eigenvalue weighted by atomic mass is 9.96. The molecule has 0 fully saturated rings. The second kappa shape index (κ2) is 8.13. The van der Waals surface area contributed by atoms with Crippen LogP contribution in [0.4, 0.5) is 0 Å². The third kappa shape index (κ3) is 4.68. The highest BCUT2D eigenvalue weighted by Gasteiger charge is 2.05. The molecule has 0 radical (unpaired) electrons. The highest BCUT2D eigenvalue weighted by molar-refractivity contribution is 6.17. The number of rotatable bonds is 7. The average molecular weight is 265 g/mol. The molecule has 0 bridgehead atoms. The minimum atomic E-state index is 0.498. The third-order valence-corrected chi connectivity index (χ3v) is 3.41. The molecule has 1 aromatic carbocycles. The maximum absolute atomic E-state index is 8.87. The molecule has 0 aliphatic heterocycles. The van der Waals surface area contributed by atoms with Crippen LogP contribution in [0.25, 0.3) is 0 Å². The van der Waals surface area contributed by atoms with Crippen molar-refractivity contribution < 1.29 is 0 Å². The minimum absolute atomic E-state index is 0.498. The Bertz CT molecular complexity index is 421. The van der Waals surface area contributed by atoms with Crippen molar-refractivity contribution >= 4 is 11.6 Å². The summed E-state index contributed by atoms with van der Waals surface area (Å²) in [5, 5.41) is 12.2. The van der Waals surface area contributed by atoms with Crippen LogP contribution in [0.1, 0.15) is 28.7 Å². The van der Waals surface area contributed by atoms with Crippen molar-refractivity contribution in [2.45, 2.75) is 33.1 Å². The highest BCUT2D eigenvalue weighted by Crippen LogP contribution is 2.17. The number of hydrogen-bond donors (Lipinski definition) is 1. The van der Waals surface area contributed by atoms with E-state index < -0.39 is 0 Å². The van der Waals surface area contributed by atoms with Gasteiger partial charge in [0.25, 0.3) is 0 Å². The van der Waals surface area contributed by atoms with E-state index in [1.165, 1.54) is 22.3 Å². The van der Waals surface area contributed by atoms with Gasteiger partial charge in [0, 0.05) is 5.88 Å². The summed E-state index contributed by atoms with van der Waals surface area (Å²) in [6, 6.07) is 6.60. The number of nitrogens with one attached hydrogen (secondary N) is 1. The number of nitriles is 1. The Labute approximate surface area is 115 Å². The molecule has 0 aliphatic carbocycles. The molecular weight excluding hydrogens is 244 g/mol. The van der Waals surface area contributed by atoms with Crippen molar-refractivity contribution in [1.29, 1.82) is 5.26 Å². The fourth-order valence-electron chi connectivity index (χ4n) is 1.96. The Balaban J connectivity index is 2.63. The summed E-state index contributed by atoms with van der Waals surface area (Å²) >= 11 is 5.63. The number of alkyl halides is 1. The van der Waals surface area contributed by atoms with Crippen LogP contribution in [0.15, 0.2) is 12.1 Å². The lowest BCUT2D eigenvalue weighted by Crippen LogP contribution is -2.19. The van der Waals surface area contributed by atoms with Crippen molar-refractivity contribution in [2.75, 3.05) is 19.0 Å². The molecule has 18 heavy (non-hydrogen) atoms. The predicted octanol–water partition coefficient (Wildman–Crippen LogP) is 3.13. The summed E-state index contributed by atoms with van der Waals surface area (Å²) in [5.74, 6) is 0.705. The van der Waals surface area contributed by atoms with Crippen LogP contribution >= 0.6 is 11.6 Å². The van der Waals surface area contributed by atoms with E-state index in [0.717, 1.165) is 25.9 Å². The van der Waals surface area contributed by atoms with Gasteiger partial charge in [0.15, 0.2) is 0 Å². The van der Waals surface area contributed by atoms with Crippen molar-refractivity contribution in [1.82, 2.24) is 5.32 Å². The first-order valence-electron chi connectivity index (χ1n) is 6.41. The van der Waals surface area contributed by atoms with E-state index in [4.69, 9.17) is 16.9 Å². The van der Waals surface area contributed by atoms with Crippen molar-refractivity contribution in [3.8, 4) is 6.07 Å². The number of aryl methyl sites for hydroxylation is 2. The molecule has 0 unspecified atom stereocenters. The fraction of sp³-hybridized carbons (Fsp3) is 0.533. The summed E-state index contributed by atoms with van der Waals surface area (Å²) in [5.41, 5.74) is 5.02. The summed E-state index contributed by atoms with van der Waals surface area (Å²) in [6.45, 7) is 6.12. The molecule has 98 valence electrons. The molecule has 1 N–H and O–H groups in total. The largest absolute Gasteiger partial charge is 0.316 e. The minimum Gasteiger partial charge on any atom is -0.316 e. The Morgan fingerprint density at radius 2 is 1.83 bits per heavy atom. The molecular formula is C15H21ClN2. The number of benzene rings is 1. The summed E-state index contributed by atoms with van der Waals surface area (Å²) in [6.07, 6.45) is 2.47. The zero-order valence-corrected chi connectivity index (χ0v) is 12.0.